The molecule has 0 fully saturated rings. The van der Waals surface area contributed by atoms with E-state index in [0.29, 0.717) is 0 Å². The van der Waals surface area contributed by atoms with Gasteiger partial charge in [-0.3, -0.25) is 9.36 Å². The summed E-state index contributed by atoms with van der Waals surface area (Å²) in [6.45, 7) is 2.79. The Balaban J connectivity index is 2.34. The van der Waals surface area contributed by atoms with Gasteiger partial charge in [-0.15, -0.1) is 0 Å². The van der Waals surface area contributed by atoms with Crippen LogP contribution < -0.4 is 0 Å². The third-order valence-electron chi connectivity index (χ3n) is 2.49. The molecule has 2 aromatic heterocycles. The van der Waals surface area contributed by atoms with Crippen molar-refractivity contribution < 1.29 is 5.11 Å². The number of halogens is 1. The normalized spacial score (nSPS) is 13.0. The molecule has 0 radical (unpaired) electrons. The summed E-state index contributed by atoms with van der Waals surface area (Å²) in [5.74, 6) is 0. The van der Waals surface area contributed by atoms with Gasteiger partial charge < -0.3 is 5.11 Å². The third-order valence-corrected chi connectivity index (χ3v) is 3.10. The molecule has 1 N–H and O–H groups in total. The molecule has 16 heavy (non-hydrogen) atoms. The van der Waals surface area contributed by atoms with E-state index in [0.717, 1.165) is 22.3 Å². The van der Waals surface area contributed by atoms with Gasteiger partial charge in [-0.2, -0.15) is 10.2 Å². The van der Waals surface area contributed by atoms with Crippen LogP contribution in [0.3, 0.4) is 0 Å². The highest BCUT2D eigenvalue weighted by Crippen LogP contribution is 2.27. The average molecular weight is 285 g/mol. The second-order valence-corrected chi connectivity index (χ2v) is 4.39. The predicted octanol–water partition coefficient (Wildman–Crippen LogP) is 1.48. The van der Waals surface area contributed by atoms with Crippen LogP contribution in [0, 0.1) is 0 Å². The zero-order valence-corrected chi connectivity index (χ0v) is 10.7. The summed E-state index contributed by atoms with van der Waals surface area (Å²) in [4.78, 5) is 0. The van der Waals surface area contributed by atoms with Gasteiger partial charge in [-0.05, 0) is 22.9 Å². The van der Waals surface area contributed by atoms with E-state index in [4.69, 9.17) is 0 Å². The Kier molecular flexibility index (Phi) is 3.11. The summed E-state index contributed by atoms with van der Waals surface area (Å²) >= 11 is 3.37. The SMILES string of the molecule is CCn1cc(C(O)c2c(Br)cnn2C)cn1. The van der Waals surface area contributed by atoms with Crippen LogP contribution in [-0.4, -0.2) is 24.7 Å². The maximum Gasteiger partial charge on any atom is 0.125 e. The molecule has 0 aliphatic carbocycles. The number of nitrogens with zero attached hydrogens (tertiary/aromatic N) is 4. The first-order valence-corrected chi connectivity index (χ1v) is 5.80. The fourth-order valence-electron chi connectivity index (χ4n) is 1.58. The highest BCUT2D eigenvalue weighted by atomic mass is 79.9. The van der Waals surface area contributed by atoms with Crippen molar-refractivity contribution in [1.29, 1.82) is 0 Å². The fraction of sp³-hybridized carbons (Fsp3) is 0.400. The van der Waals surface area contributed by atoms with Crippen LogP contribution in [0.25, 0.3) is 0 Å². The molecule has 2 heterocycles. The molecule has 0 spiro atoms. The standard InChI is InChI=1S/C10H13BrN4O/c1-3-15-6-7(4-13-15)10(16)9-8(11)5-12-14(9)2/h4-6,10,16H,3H2,1-2H3. The van der Waals surface area contributed by atoms with E-state index in [2.05, 4.69) is 26.1 Å². The molecule has 0 aliphatic heterocycles. The predicted molar refractivity (Wildman–Crippen MR) is 62.9 cm³/mol. The minimum atomic E-state index is -0.706. The molecule has 86 valence electrons. The minimum Gasteiger partial charge on any atom is -0.382 e. The maximum atomic E-state index is 10.2. The van der Waals surface area contributed by atoms with Gasteiger partial charge >= 0.3 is 0 Å². The second kappa shape index (κ2) is 4.39. The lowest BCUT2D eigenvalue weighted by Gasteiger charge is -2.09. The number of hydrogen-bond donors (Lipinski definition) is 1. The van der Waals surface area contributed by atoms with Gasteiger partial charge in [0.05, 0.1) is 22.6 Å². The van der Waals surface area contributed by atoms with Crippen LogP contribution in [0.1, 0.15) is 24.3 Å². The number of rotatable bonds is 3. The van der Waals surface area contributed by atoms with Crippen LogP contribution in [0.5, 0.6) is 0 Å². The molecular weight excluding hydrogens is 272 g/mol. The molecule has 0 amide bonds. The minimum absolute atomic E-state index is 0.706. The fourth-order valence-corrected chi connectivity index (χ4v) is 2.14. The van der Waals surface area contributed by atoms with Crippen molar-refractivity contribution in [2.24, 2.45) is 7.05 Å². The Morgan fingerprint density at radius 2 is 2.19 bits per heavy atom. The number of aliphatic hydroxyl groups excluding tert-OH is 1. The van der Waals surface area contributed by atoms with Crippen molar-refractivity contribution in [2.75, 3.05) is 0 Å². The van der Waals surface area contributed by atoms with Crippen molar-refractivity contribution in [3.63, 3.8) is 0 Å². The number of aryl methyl sites for hydroxylation is 2. The average Bonchev–Trinajstić information content (AvgIpc) is 2.85. The molecule has 5 nitrogen and oxygen atoms in total. The second-order valence-electron chi connectivity index (χ2n) is 3.53. The Morgan fingerprint density at radius 1 is 1.44 bits per heavy atom. The molecule has 2 aromatic rings. The largest absolute Gasteiger partial charge is 0.382 e. The van der Waals surface area contributed by atoms with E-state index < -0.39 is 6.10 Å². The summed E-state index contributed by atoms with van der Waals surface area (Å²) in [5.41, 5.74) is 1.50. The lowest BCUT2D eigenvalue weighted by Crippen LogP contribution is -2.06. The van der Waals surface area contributed by atoms with Crippen LogP contribution in [0.15, 0.2) is 23.1 Å². The first-order chi connectivity index (χ1) is 7.63. The molecule has 0 saturated carbocycles. The molecule has 0 saturated heterocycles. The van der Waals surface area contributed by atoms with Crippen LogP contribution >= 0.6 is 15.9 Å². The molecule has 1 unspecified atom stereocenters. The van der Waals surface area contributed by atoms with Gasteiger partial charge in [-0.1, -0.05) is 0 Å². The summed E-state index contributed by atoms with van der Waals surface area (Å²) in [5, 5.41) is 18.4. The molecule has 0 aliphatic rings. The van der Waals surface area contributed by atoms with E-state index in [-0.39, 0.29) is 0 Å². The smallest absolute Gasteiger partial charge is 0.125 e. The van der Waals surface area contributed by atoms with Gasteiger partial charge in [0.1, 0.15) is 6.10 Å². The van der Waals surface area contributed by atoms with Gasteiger partial charge in [0.15, 0.2) is 0 Å². The molecule has 6 heteroatoms. The summed E-state index contributed by atoms with van der Waals surface area (Å²) in [7, 11) is 1.80. The van der Waals surface area contributed by atoms with Crippen molar-refractivity contribution in [2.45, 2.75) is 19.6 Å². The quantitative estimate of drug-likeness (QED) is 0.929. The van der Waals surface area contributed by atoms with Gasteiger partial charge in [0, 0.05) is 25.4 Å². The van der Waals surface area contributed by atoms with Gasteiger partial charge in [-0.25, -0.2) is 0 Å². The molecular formula is C10H13BrN4O. The molecule has 0 bridgehead atoms. The Hall–Kier alpha value is -1.14. The van der Waals surface area contributed by atoms with Gasteiger partial charge in [0.25, 0.3) is 0 Å². The topological polar surface area (TPSA) is 55.9 Å². The van der Waals surface area contributed by atoms with Crippen molar-refractivity contribution in [1.82, 2.24) is 19.6 Å². The maximum absolute atomic E-state index is 10.2. The lowest BCUT2D eigenvalue weighted by atomic mass is 10.1. The Morgan fingerprint density at radius 3 is 2.69 bits per heavy atom. The highest BCUT2D eigenvalue weighted by molar-refractivity contribution is 9.10. The van der Waals surface area contributed by atoms with E-state index in [1.54, 1.807) is 28.8 Å². The first-order valence-electron chi connectivity index (χ1n) is 5.01. The van der Waals surface area contributed by atoms with Crippen LogP contribution in [0.4, 0.5) is 0 Å². The third kappa shape index (κ3) is 1.90. The number of aliphatic hydroxyl groups is 1. The van der Waals surface area contributed by atoms with Gasteiger partial charge in [0.2, 0.25) is 0 Å². The Bertz CT molecular complexity index is 471. The zero-order valence-electron chi connectivity index (χ0n) is 9.13. The lowest BCUT2D eigenvalue weighted by molar-refractivity contribution is 0.209. The molecule has 2 rings (SSSR count). The summed E-state index contributed by atoms with van der Waals surface area (Å²) in [6, 6.07) is 0. The summed E-state index contributed by atoms with van der Waals surface area (Å²) < 4.78 is 4.23. The van der Waals surface area contributed by atoms with Crippen LogP contribution in [0.2, 0.25) is 0 Å². The van der Waals surface area contributed by atoms with Crippen LogP contribution in [-0.2, 0) is 13.6 Å². The highest BCUT2D eigenvalue weighted by Gasteiger charge is 2.19. The molecule has 0 aromatic carbocycles. The molecule has 1 atom stereocenters. The first kappa shape index (κ1) is 11.3. The van der Waals surface area contributed by atoms with E-state index in [1.165, 1.54) is 0 Å². The monoisotopic (exact) mass is 284 g/mol. The number of hydrogen-bond acceptors (Lipinski definition) is 3. The zero-order chi connectivity index (χ0) is 11.7. The van der Waals surface area contributed by atoms with Crippen molar-refractivity contribution in [3.05, 3.63) is 34.3 Å². The van der Waals surface area contributed by atoms with Crippen molar-refractivity contribution in [3.8, 4) is 0 Å². The number of aromatic nitrogens is 4. The Labute approximate surface area is 102 Å². The summed E-state index contributed by atoms with van der Waals surface area (Å²) in [6.07, 6.45) is 4.47. The van der Waals surface area contributed by atoms with E-state index >= 15 is 0 Å². The van der Waals surface area contributed by atoms with E-state index in [1.807, 2.05) is 13.1 Å². The van der Waals surface area contributed by atoms with E-state index in [9.17, 15) is 5.11 Å². The van der Waals surface area contributed by atoms with Crippen molar-refractivity contribution >= 4 is 15.9 Å².